The van der Waals surface area contributed by atoms with Gasteiger partial charge in [-0.05, 0) is 47.8 Å². The van der Waals surface area contributed by atoms with Crippen molar-refractivity contribution in [1.82, 2.24) is 14.9 Å². The van der Waals surface area contributed by atoms with Crippen molar-refractivity contribution >= 4 is 32.9 Å². The number of nitrogens with zero attached hydrogens (tertiary/aromatic N) is 2. The molecule has 122 valence electrons. The van der Waals surface area contributed by atoms with Crippen LogP contribution in [-0.2, 0) is 6.54 Å². The molecule has 0 bridgehead atoms. The second-order valence-corrected chi connectivity index (χ2v) is 6.90. The first-order valence-electron chi connectivity index (χ1n) is 8.10. The summed E-state index contributed by atoms with van der Waals surface area (Å²) in [7, 11) is 0. The van der Waals surface area contributed by atoms with E-state index in [1.54, 1.807) is 16.8 Å². The topological polar surface area (TPSA) is 64.0 Å². The maximum atomic E-state index is 12.6. The molecule has 6 heteroatoms. The molecule has 1 saturated carbocycles. The first-order valence-corrected chi connectivity index (χ1v) is 8.89. The summed E-state index contributed by atoms with van der Waals surface area (Å²) in [5, 5.41) is 3.81. The Morgan fingerprint density at radius 2 is 2.09 bits per heavy atom. The second kappa shape index (κ2) is 6.83. The zero-order valence-corrected chi connectivity index (χ0v) is 14.7. The Kier molecular flexibility index (Phi) is 4.80. The molecule has 0 radical (unpaired) electrons. The van der Waals surface area contributed by atoms with Gasteiger partial charge in [0, 0.05) is 28.6 Å². The van der Waals surface area contributed by atoms with Crippen LogP contribution in [-0.4, -0.2) is 21.5 Å². The molecule has 0 spiro atoms. The minimum Gasteiger partial charge on any atom is -0.349 e. The fraction of sp³-hybridized carbons (Fsp3) is 0.471. The Hall–Kier alpha value is -1.69. The minimum atomic E-state index is -0.275. The van der Waals surface area contributed by atoms with Crippen molar-refractivity contribution in [3.8, 4) is 0 Å². The van der Waals surface area contributed by atoms with E-state index in [0.717, 1.165) is 35.5 Å². The number of aromatic nitrogens is 2. The Morgan fingerprint density at radius 3 is 2.78 bits per heavy atom. The third-order valence-electron chi connectivity index (χ3n) is 4.39. The largest absolute Gasteiger partial charge is 0.349 e. The lowest BCUT2D eigenvalue weighted by Crippen LogP contribution is -2.40. The van der Waals surface area contributed by atoms with E-state index in [1.807, 2.05) is 13.0 Å². The molecule has 1 N–H and O–H groups in total. The summed E-state index contributed by atoms with van der Waals surface area (Å²) in [6, 6.07) is 3.72. The summed E-state index contributed by atoms with van der Waals surface area (Å²) in [6.45, 7) is 2.36. The van der Waals surface area contributed by atoms with Crippen molar-refractivity contribution in [2.45, 2.75) is 51.6 Å². The highest BCUT2D eigenvalue weighted by Gasteiger charge is 2.20. The fourth-order valence-electron chi connectivity index (χ4n) is 3.20. The zero-order valence-electron chi connectivity index (χ0n) is 13.1. The van der Waals surface area contributed by atoms with E-state index in [1.165, 1.54) is 6.42 Å². The molecule has 23 heavy (non-hydrogen) atoms. The number of hydrogen-bond acceptors (Lipinski definition) is 3. The number of hydrogen-bond donors (Lipinski definition) is 1. The molecular weight excluding hydrogens is 358 g/mol. The normalized spacial score (nSPS) is 15.7. The van der Waals surface area contributed by atoms with Crippen LogP contribution in [0.1, 0.15) is 49.4 Å². The van der Waals surface area contributed by atoms with Gasteiger partial charge in [-0.1, -0.05) is 19.3 Å². The molecule has 2 heterocycles. The SMILES string of the molecule is CCn1c(=O)c(C(=O)NC2CCCCC2)cc2cc(Br)cnc21. The van der Waals surface area contributed by atoms with Gasteiger partial charge in [0.05, 0.1) is 0 Å². The molecule has 3 rings (SSSR count). The van der Waals surface area contributed by atoms with Crippen molar-refractivity contribution in [3.05, 3.63) is 38.7 Å². The molecule has 1 aliphatic carbocycles. The number of rotatable bonds is 3. The van der Waals surface area contributed by atoms with Crippen LogP contribution in [0.3, 0.4) is 0 Å². The van der Waals surface area contributed by atoms with Gasteiger partial charge in [0.2, 0.25) is 0 Å². The number of carbonyl (C=O) groups excluding carboxylic acids is 1. The Bertz CT molecular complexity index is 794. The maximum absolute atomic E-state index is 12.6. The monoisotopic (exact) mass is 377 g/mol. The molecule has 1 aliphatic rings. The van der Waals surface area contributed by atoms with Gasteiger partial charge >= 0.3 is 0 Å². The van der Waals surface area contributed by atoms with Gasteiger partial charge < -0.3 is 5.32 Å². The first-order chi connectivity index (χ1) is 11.1. The summed E-state index contributed by atoms with van der Waals surface area (Å²) < 4.78 is 2.38. The highest BCUT2D eigenvalue weighted by atomic mass is 79.9. The number of nitrogens with one attached hydrogen (secondary N) is 1. The van der Waals surface area contributed by atoms with Gasteiger partial charge in [0.1, 0.15) is 11.2 Å². The van der Waals surface area contributed by atoms with Crippen molar-refractivity contribution < 1.29 is 4.79 Å². The smallest absolute Gasteiger partial charge is 0.265 e. The number of carbonyl (C=O) groups is 1. The van der Waals surface area contributed by atoms with Gasteiger partial charge in [-0.15, -0.1) is 0 Å². The Labute approximate surface area is 143 Å². The van der Waals surface area contributed by atoms with E-state index >= 15 is 0 Å². The van der Waals surface area contributed by atoms with E-state index in [9.17, 15) is 9.59 Å². The minimum absolute atomic E-state index is 0.182. The van der Waals surface area contributed by atoms with Gasteiger partial charge in [-0.25, -0.2) is 4.98 Å². The second-order valence-electron chi connectivity index (χ2n) is 5.98. The summed E-state index contributed by atoms with van der Waals surface area (Å²) in [6.07, 6.45) is 7.15. The van der Waals surface area contributed by atoms with Gasteiger partial charge in [0.15, 0.2) is 0 Å². The molecule has 2 aromatic rings. The summed E-state index contributed by atoms with van der Waals surface area (Å²) in [5.74, 6) is -0.272. The van der Waals surface area contributed by atoms with Gasteiger partial charge in [-0.2, -0.15) is 0 Å². The highest BCUT2D eigenvalue weighted by molar-refractivity contribution is 9.10. The van der Waals surface area contributed by atoms with Crippen LogP contribution in [0.2, 0.25) is 0 Å². The Morgan fingerprint density at radius 1 is 1.35 bits per heavy atom. The lowest BCUT2D eigenvalue weighted by molar-refractivity contribution is 0.0926. The van der Waals surface area contributed by atoms with Crippen molar-refractivity contribution in [2.24, 2.45) is 0 Å². The molecule has 0 aromatic carbocycles. The molecule has 2 aromatic heterocycles. The van der Waals surface area contributed by atoms with Crippen LogP contribution in [0.4, 0.5) is 0 Å². The zero-order chi connectivity index (χ0) is 16.4. The predicted octanol–water partition coefficient (Wildman–Crippen LogP) is 3.24. The van der Waals surface area contributed by atoms with Crippen molar-refractivity contribution in [1.29, 1.82) is 0 Å². The predicted molar refractivity (Wildman–Crippen MR) is 93.7 cm³/mol. The van der Waals surface area contributed by atoms with E-state index in [4.69, 9.17) is 0 Å². The van der Waals surface area contributed by atoms with E-state index in [0.29, 0.717) is 12.2 Å². The third kappa shape index (κ3) is 3.32. The van der Waals surface area contributed by atoms with Crippen LogP contribution >= 0.6 is 15.9 Å². The lowest BCUT2D eigenvalue weighted by atomic mass is 9.95. The average molecular weight is 378 g/mol. The van der Waals surface area contributed by atoms with Crippen LogP contribution in [0, 0.1) is 0 Å². The number of fused-ring (bicyclic) bond motifs is 1. The average Bonchev–Trinajstić information content (AvgIpc) is 2.55. The summed E-state index contributed by atoms with van der Waals surface area (Å²) in [5.41, 5.74) is 0.530. The van der Waals surface area contributed by atoms with E-state index < -0.39 is 0 Å². The summed E-state index contributed by atoms with van der Waals surface area (Å²) >= 11 is 3.39. The van der Waals surface area contributed by atoms with Gasteiger partial charge in [0.25, 0.3) is 11.5 Å². The molecule has 5 nitrogen and oxygen atoms in total. The number of amides is 1. The maximum Gasteiger partial charge on any atom is 0.265 e. The highest BCUT2D eigenvalue weighted by Crippen LogP contribution is 2.19. The van der Waals surface area contributed by atoms with Crippen molar-refractivity contribution in [3.63, 3.8) is 0 Å². The number of aryl methyl sites for hydroxylation is 1. The Balaban J connectivity index is 2.00. The lowest BCUT2D eigenvalue weighted by Gasteiger charge is -2.22. The van der Waals surface area contributed by atoms with E-state index in [2.05, 4.69) is 26.2 Å². The van der Waals surface area contributed by atoms with Crippen molar-refractivity contribution in [2.75, 3.05) is 0 Å². The molecular formula is C17H20BrN3O2. The molecule has 1 fully saturated rings. The van der Waals surface area contributed by atoms with Crippen LogP contribution in [0.5, 0.6) is 0 Å². The number of pyridine rings is 2. The standard InChI is InChI=1S/C17H20BrN3O2/c1-2-21-15-11(8-12(18)10-19-15)9-14(17(21)23)16(22)20-13-6-4-3-5-7-13/h8-10,13H,2-7H2,1H3,(H,20,22). The quantitative estimate of drug-likeness (QED) is 0.892. The molecule has 0 unspecified atom stereocenters. The van der Waals surface area contributed by atoms with Crippen LogP contribution < -0.4 is 10.9 Å². The van der Waals surface area contributed by atoms with Crippen LogP contribution in [0.25, 0.3) is 11.0 Å². The summed E-state index contributed by atoms with van der Waals surface area (Å²) in [4.78, 5) is 29.5. The van der Waals surface area contributed by atoms with E-state index in [-0.39, 0.29) is 23.1 Å². The first kappa shape index (κ1) is 16.2. The third-order valence-corrected chi connectivity index (χ3v) is 4.83. The molecule has 0 aliphatic heterocycles. The molecule has 0 atom stereocenters. The molecule has 0 saturated heterocycles. The van der Waals surface area contributed by atoms with Crippen LogP contribution in [0.15, 0.2) is 27.6 Å². The van der Waals surface area contributed by atoms with Gasteiger partial charge in [-0.3, -0.25) is 14.2 Å². The number of halogens is 1. The fourth-order valence-corrected chi connectivity index (χ4v) is 3.55. The molecule has 1 amide bonds.